The molecule has 1 aromatic carbocycles. The van der Waals surface area contributed by atoms with Crippen molar-refractivity contribution >= 4 is 29.4 Å². The molecule has 3 aromatic rings. The van der Waals surface area contributed by atoms with Gasteiger partial charge in [0.25, 0.3) is 5.91 Å². The molecular weight excluding hydrogens is 520 g/mol. The summed E-state index contributed by atoms with van der Waals surface area (Å²) >= 11 is 6.46. The van der Waals surface area contributed by atoms with Crippen molar-refractivity contribution in [1.29, 1.82) is 0 Å². The molecule has 2 aromatic heterocycles. The molecule has 2 atom stereocenters. The topological polar surface area (TPSA) is 130 Å². The number of hydrogen-bond acceptors (Lipinski definition) is 8. The van der Waals surface area contributed by atoms with Crippen molar-refractivity contribution in [3.8, 4) is 11.3 Å². The normalized spacial score (nSPS) is 17.0. The lowest BCUT2D eigenvalue weighted by atomic mass is 10.0. The highest BCUT2D eigenvalue weighted by atomic mass is 35.5. The summed E-state index contributed by atoms with van der Waals surface area (Å²) in [5.74, 6) is -0.0378. The first kappa shape index (κ1) is 27.0. The number of anilines is 1. The SMILES string of the molecule is CC(NC(=O)C(C)N1Cc2ccc(-c3nc(NC4CCOCC4)ncc3Cl)cc2C1=O)c1cccc(CO)n1. The van der Waals surface area contributed by atoms with Gasteiger partial charge < -0.3 is 25.4 Å². The van der Waals surface area contributed by atoms with E-state index >= 15 is 0 Å². The van der Waals surface area contributed by atoms with Crippen molar-refractivity contribution < 1.29 is 19.4 Å². The molecule has 0 saturated carbocycles. The van der Waals surface area contributed by atoms with Gasteiger partial charge >= 0.3 is 0 Å². The van der Waals surface area contributed by atoms with Gasteiger partial charge in [-0.25, -0.2) is 9.97 Å². The van der Waals surface area contributed by atoms with Gasteiger partial charge in [-0.15, -0.1) is 0 Å². The Labute approximate surface area is 231 Å². The van der Waals surface area contributed by atoms with E-state index in [-0.39, 0.29) is 30.5 Å². The van der Waals surface area contributed by atoms with E-state index in [1.807, 2.05) is 19.1 Å². The summed E-state index contributed by atoms with van der Waals surface area (Å²) in [6.07, 6.45) is 3.31. The molecule has 0 aliphatic carbocycles. The molecule has 3 N–H and O–H groups in total. The summed E-state index contributed by atoms with van der Waals surface area (Å²) in [5.41, 5.74) is 3.75. The second-order valence-electron chi connectivity index (χ2n) is 9.84. The number of carbonyl (C=O) groups is 2. The maximum atomic E-state index is 13.4. The standard InChI is InChI=1S/C28H31ClN6O4/c1-16(24-5-3-4-21(15-36)32-24)31-26(37)17(2)35-14-19-7-6-18(12-22(19)27(35)38)25-23(29)13-30-28(34-25)33-20-8-10-39-11-9-20/h3-7,12-13,16-17,20,36H,8-11,14-15H2,1-2H3,(H,31,37)(H,30,33,34). The zero-order valence-corrected chi connectivity index (χ0v) is 22.6. The number of aliphatic hydroxyl groups is 1. The number of amides is 2. The number of nitrogens with zero attached hydrogens (tertiary/aromatic N) is 4. The Bertz CT molecular complexity index is 1380. The number of aromatic nitrogens is 3. The number of aliphatic hydroxyl groups excluding tert-OH is 1. The lowest BCUT2D eigenvalue weighted by Crippen LogP contribution is -2.46. The highest BCUT2D eigenvalue weighted by Gasteiger charge is 2.34. The summed E-state index contributed by atoms with van der Waals surface area (Å²) in [5, 5.41) is 16.0. The van der Waals surface area contributed by atoms with Gasteiger partial charge in [0.05, 0.1) is 40.9 Å². The van der Waals surface area contributed by atoms with Crippen LogP contribution in [-0.4, -0.2) is 62.1 Å². The third kappa shape index (κ3) is 5.88. The third-order valence-electron chi connectivity index (χ3n) is 7.15. The lowest BCUT2D eigenvalue weighted by molar-refractivity contribution is -0.125. The Morgan fingerprint density at radius 3 is 2.77 bits per heavy atom. The maximum absolute atomic E-state index is 13.4. The van der Waals surface area contributed by atoms with E-state index in [0.29, 0.717) is 58.9 Å². The number of pyridine rings is 1. The van der Waals surface area contributed by atoms with Crippen LogP contribution >= 0.6 is 11.6 Å². The van der Waals surface area contributed by atoms with E-state index in [0.717, 1.165) is 18.4 Å². The Morgan fingerprint density at radius 1 is 1.21 bits per heavy atom. The number of fused-ring (bicyclic) bond motifs is 1. The minimum absolute atomic E-state index is 0.179. The summed E-state index contributed by atoms with van der Waals surface area (Å²) in [4.78, 5) is 41.3. The van der Waals surface area contributed by atoms with Crippen LogP contribution in [0.2, 0.25) is 5.02 Å². The second kappa shape index (κ2) is 11.6. The fourth-order valence-electron chi connectivity index (χ4n) is 4.82. The van der Waals surface area contributed by atoms with Crippen LogP contribution in [0.25, 0.3) is 11.3 Å². The Kier molecular flexibility index (Phi) is 8.06. The van der Waals surface area contributed by atoms with Gasteiger partial charge in [0.1, 0.15) is 6.04 Å². The molecule has 10 nitrogen and oxygen atoms in total. The van der Waals surface area contributed by atoms with Crippen LogP contribution in [0.15, 0.2) is 42.6 Å². The largest absolute Gasteiger partial charge is 0.390 e. The number of halogens is 1. The summed E-state index contributed by atoms with van der Waals surface area (Å²) < 4.78 is 5.42. The van der Waals surface area contributed by atoms with Crippen LogP contribution in [0.5, 0.6) is 0 Å². The van der Waals surface area contributed by atoms with Crippen molar-refractivity contribution in [2.24, 2.45) is 0 Å². The number of hydrogen-bond donors (Lipinski definition) is 3. The first-order valence-electron chi connectivity index (χ1n) is 13.0. The van der Waals surface area contributed by atoms with Gasteiger partial charge in [0, 0.05) is 36.9 Å². The lowest BCUT2D eigenvalue weighted by Gasteiger charge is -2.25. The number of carbonyl (C=O) groups excluding carboxylic acids is 2. The van der Waals surface area contributed by atoms with Crippen LogP contribution < -0.4 is 10.6 Å². The van der Waals surface area contributed by atoms with Gasteiger partial charge in [0.2, 0.25) is 11.9 Å². The van der Waals surface area contributed by atoms with Crippen molar-refractivity contribution in [2.75, 3.05) is 18.5 Å². The van der Waals surface area contributed by atoms with E-state index < -0.39 is 6.04 Å². The Morgan fingerprint density at radius 2 is 2.00 bits per heavy atom. The van der Waals surface area contributed by atoms with E-state index in [2.05, 4.69) is 25.6 Å². The van der Waals surface area contributed by atoms with Gasteiger partial charge in [-0.3, -0.25) is 14.6 Å². The predicted molar refractivity (Wildman–Crippen MR) is 146 cm³/mol. The second-order valence-corrected chi connectivity index (χ2v) is 10.3. The Hall–Kier alpha value is -3.60. The highest BCUT2D eigenvalue weighted by molar-refractivity contribution is 6.33. The van der Waals surface area contributed by atoms with Crippen LogP contribution in [-0.2, 0) is 22.7 Å². The van der Waals surface area contributed by atoms with E-state index in [9.17, 15) is 14.7 Å². The fraction of sp³-hybridized carbons (Fsp3) is 0.393. The quantitative estimate of drug-likeness (QED) is 0.388. The summed E-state index contributed by atoms with van der Waals surface area (Å²) in [6, 6.07) is 9.97. The molecule has 2 aliphatic heterocycles. The first-order chi connectivity index (χ1) is 18.8. The third-order valence-corrected chi connectivity index (χ3v) is 7.43. The molecule has 0 bridgehead atoms. The number of rotatable bonds is 8. The van der Waals surface area contributed by atoms with Crippen LogP contribution in [0.1, 0.15) is 60.0 Å². The monoisotopic (exact) mass is 550 g/mol. The van der Waals surface area contributed by atoms with Gasteiger partial charge in [-0.05, 0) is 50.5 Å². The predicted octanol–water partition coefficient (Wildman–Crippen LogP) is 3.50. The molecule has 2 aliphatic rings. The summed E-state index contributed by atoms with van der Waals surface area (Å²) in [6.45, 7) is 5.07. The van der Waals surface area contributed by atoms with E-state index in [1.165, 1.54) is 0 Å². The van der Waals surface area contributed by atoms with E-state index in [4.69, 9.17) is 16.3 Å². The molecular formula is C28H31ClN6O4. The molecule has 0 spiro atoms. The molecule has 5 rings (SSSR count). The first-order valence-corrected chi connectivity index (χ1v) is 13.4. The molecule has 204 valence electrons. The smallest absolute Gasteiger partial charge is 0.255 e. The zero-order valence-electron chi connectivity index (χ0n) is 21.9. The number of ether oxygens (including phenoxy) is 1. The zero-order chi connectivity index (χ0) is 27.5. The average molecular weight is 551 g/mol. The molecule has 2 unspecified atom stereocenters. The fourth-order valence-corrected chi connectivity index (χ4v) is 5.02. The van der Waals surface area contributed by atoms with Gasteiger partial charge in [-0.1, -0.05) is 29.8 Å². The van der Waals surface area contributed by atoms with E-state index in [1.54, 1.807) is 42.3 Å². The number of benzene rings is 1. The molecule has 39 heavy (non-hydrogen) atoms. The maximum Gasteiger partial charge on any atom is 0.255 e. The van der Waals surface area contributed by atoms with Crippen LogP contribution in [0, 0.1) is 0 Å². The Balaban J connectivity index is 1.29. The van der Waals surface area contributed by atoms with Crippen molar-refractivity contribution in [1.82, 2.24) is 25.2 Å². The van der Waals surface area contributed by atoms with Crippen molar-refractivity contribution in [3.63, 3.8) is 0 Å². The van der Waals surface area contributed by atoms with Crippen LogP contribution in [0.4, 0.5) is 5.95 Å². The molecule has 4 heterocycles. The molecule has 11 heteroatoms. The molecule has 2 amide bonds. The molecule has 1 fully saturated rings. The van der Waals surface area contributed by atoms with Gasteiger partial charge in [0.15, 0.2) is 0 Å². The molecule has 1 saturated heterocycles. The van der Waals surface area contributed by atoms with Gasteiger partial charge in [-0.2, -0.15) is 0 Å². The minimum Gasteiger partial charge on any atom is -0.390 e. The minimum atomic E-state index is -0.699. The van der Waals surface area contributed by atoms with Crippen molar-refractivity contribution in [3.05, 3.63) is 70.1 Å². The molecule has 0 radical (unpaired) electrons. The van der Waals surface area contributed by atoms with Crippen LogP contribution in [0.3, 0.4) is 0 Å². The average Bonchev–Trinajstić information content (AvgIpc) is 3.29. The summed E-state index contributed by atoms with van der Waals surface area (Å²) in [7, 11) is 0. The van der Waals surface area contributed by atoms with Crippen molar-refractivity contribution in [2.45, 2.75) is 58.0 Å². The number of nitrogens with one attached hydrogen (secondary N) is 2. The highest BCUT2D eigenvalue weighted by Crippen LogP contribution is 2.32.